The van der Waals surface area contributed by atoms with Crippen molar-refractivity contribution in [2.24, 2.45) is 0 Å². The molecule has 0 saturated carbocycles. The topological polar surface area (TPSA) is 169 Å². The van der Waals surface area contributed by atoms with Crippen LogP contribution in [0.4, 0.5) is 0 Å². The highest BCUT2D eigenvalue weighted by Gasteiger charge is 2.28. The van der Waals surface area contributed by atoms with E-state index in [0.717, 1.165) is 38.5 Å². The second-order valence-corrected chi connectivity index (χ2v) is 20.2. The Morgan fingerprint density at radius 1 is 0.470 bits per heavy atom. The van der Waals surface area contributed by atoms with Gasteiger partial charge in [0.2, 0.25) is 5.91 Å². The highest BCUT2D eigenvalue weighted by Crippen LogP contribution is 2.43. The minimum atomic E-state index is -4.76. The van der Waals surface area contributed by atoms with E-state index in [9.17, 15) is 34.1 Å². The van der Waals surface area contributed by atoms with Crippen LogP contribution in [0.1, 0.15) is 271 Å². The number of hydrogen-bond acceptors (Lipinski definition) is 8. The van der Waals surface area contributed by atoms with E-state index < -0.39 is 57.6 Å². The summed E-state index contributed by atoms with van der Waals surface area (Å²) in [6, 6.07) is -1.55. The number of carbonyl (C=O) groups is 3. The number of amides is 1. The fourth-order valence-electron chi connectivity index (χ4n) is 7.95. The second-order valence-electron chi connectivity index (χ2n) is 18.8. The van der Waals surface area contributed by atoms with Crippen molar-refractivity contribution in [3.8, 4) is 0 Å². The van der Waals surface area contributed by atoms with Gasteiger partial charge in [0.05, 0.1) is 13.2 Å². The van der Waals surface area contributed by atoms with Crippen LogP contribution in [0, 0.1) is 0 Å². The third kappa shape index (κ3) is 48.4. The number of phosphoric ester groups is 1. The van der Waals surface area contributed by atoms with Crippen LogP contribution < -0.4 is 5.32 Å². The van der Waals surface area contributed by atoms with Gasteiger partial charge < -0.3 is 25.2 Å². The molecule has 0 bridgehead atoms. The summed E-state index contributed by atoms with van der Waals surface area (Å²) in [5.74, 6) is -2.36. The molecule has 12 heteroatoms. The van der Waals surface area contributed by atoms with Gasteiger partial charge in [-0.15, -0.1) is 0 Å². The fraction of sp³-hybridized carbons (Fsp3) is 0.870. The first kappa shape index (κ1) is 64.0. The van der Waals surface area contributed by atoms with E-state index in [1.165, 1.54) is 193 Å². The van der Waals surface area contributed by atoms with Crippen molar-refractivity contribution >= 4 is 25.7 Å². The average Bonchev–Trinajstić information content (AvgIpc) is 3.29. The summed E-state index contributed by atoms with van der Waals surface area (Å²) in [5, 5.41) is 22.0. The smallest absolute Gasteiger partial charge is 0.472 e. The Morgan fingerprint density at radius 2 is 0.788 bits per heavy atom. The van der Waals surface area contributed by atoms with Crippen LogP contribution in [0.3, 0.4) is 0 Å². The normalized spacial score (nSPS) is 13.6. The van der Waals surface area contributed by atoms with Gasteiger partial charge in [0.15, 0.2) is 6.04 Å². The Kier molecular flexibility index (Phi) is 47.9. The first-order valence-corrected chi connectivity index (χ1v) is 28.9. The number of allylic oxidation sites excluding steroid dienone is 4. The summed E-state index contributed by atoms with van der Waals surface area (Å²) in [5.41, 5.74) is 0. The number of hydrogen-bond donors (Lipinski definition) is 4. The van der Waals surface area contributed by atoms with Crippen molar-refractivity contribution in [1.29, 1.82) is 0 Å². The second kappa shape index (κ2) is 49.4. The van der Waals surface area contributed by atoms with Gasteiger partial charge in [-0.3, -0.25) is 18.6 Å². The molecule has 0 aromatic heterocycles. The predicted octanol–water partition coefficient (Wildman–Crippen LogP) is 15.3. The molecule has 0 aliphatic rings. The lowest BCUT2D eigenvalue weighted by Crippen LogP contribution is -2.43. The number of aliphatic hydroxyl groups excluding tert-OH is 1. The molecule has 0 radical (unpaired) electrons. The third-order valence-electron chi connectivity index (χ3n) is 12.2. The Balaban J connectivity index is 3.77. The molecule has 3 unspecified atom stereocenters. The molecule has 0 spiro atoms. The lowest BCUT2D eigenvalue weighted by Gasteiger charge is -2.18. The van der Waals surface area contributed by atoms with Crippen LogP contribution >= 0.6 is 7.82 Å². The zero-order valence-corrected chi connectivity index (χ0v) is 43.4. The molecular weight excluding hydrogens is 854 g/mol. The largest absolute Gasteiger partial charge is 0.480 e. The number of carboxylic acid groups (broad SMARTS) is 1. The molecule has 0 rings (SSSR count). The summed E-state index contributed by atoms with van der Waals surface area (Å²) in [7, 11) is -4.76. The maximum Gasteiger partial charge on any atom is 0.472 e. The van der Waals surface area contributed by atoms with Crippen LogP contribution in [0.15, 0.2) is 24.3 Å². The minimum Gasteiger partial charge on any atom is -0.480 e. The van der Waals surface area contributed by atoms with Gasteiger partial charge in [-0.25, -0.2) is 9.36 Å². The molecule has 11 nitrogen and oxygen atoms in total. The SMILES string of the molecule is CCCCCCCC/C=C/CCCCCCCCCCCCCCCC(=O)OCC(O)COP(=O)(O)OCC(NC(=O)CCCCCCCCCCC/C=C/CCCCCCCC)C(=O)O. The van der Waals surface area contributed by atoms with Crippen molar-refractivity contribution in [1.82, 2.24) is 5.32 Å². The molecule has 0 aromatic carbocycles. The summed E-state index contributed by atoms with van der Waals surface area (Å²) in [6.07, 6.45) is 54.9. The molecule has 0 aromatic rings. The molecule has 1 amide bonds. The van der Waals surface area contributed by atoms with E-state index in [1.54, 1.807) is 0 Å². The van der Waals surface area contributed by atoms with Gasteiger partial charge in [0.1, 0.15) is 12.7 Å². The highest BCUT2D eigenvalue weighted by molar-refractivity contribution is 7.47. The quantitative estimate of drug-likeness (QED) is 0.0199. The van der Waals surface area contributed by atoms with Crippen molar-refractivity contribution in [3.05, 3.63) is 24.3 Å². The van der Waals surface area contributed by atoms with Crippen LogP contribution in [0.5, 0.6) is 0 Å². The van der Waals surface area contributed by atoms with Gasteiger partial charge in [0.25, 0.3) is 0 Å². The lowest BCUT2D eigenvalue weighted by molar-refractivity contribution is -0.147. The number of esters is 1. The number of nitrogens with one attached hydrogen (secondary N) is 1. The first-order valence-electron chi connectivity index (χ1n) is 27.4. The van der Waals surface area contributed by atoms with Crippen LogP contribution in [-0.4, -0.2) is 64.9 Å². The zero-order chi connectivity index (χ0) is 48.4. The van der Waals surface area contributed by atoms with Crippen LogP contribution in [0.2, 0.25) is 0 Å². The number of carbonyl (C=O) groups excluding carboxylic acids is 2. The molecule has 0 aliphatic heterocycles. The summed E-state index contributed by atoms with van der Waals surface area (Å²) < 4.78 is 27.0. The number of unbranched alkanes of at least 4 members (excludes halogenated alkanes) is 34. The zero-order valence-electron chi connectivity index (χ0n) is 42.5. The summed E-state index contributed by atoms with van der Waals surface area (Å²) >= 11 is 0. The van der Waals surface area contributed by atoms with E-state index in [0.29, 0.717) is 12.8 Å². The number of rotatable bonds is 52. The Labute approximate surface area is 404 Å². The maximum absolute atomic E-state index is 12.4. The summed E-state index contributed by atoms with van der Waals surface area (Å²) in [6.45, 7) is 2.64. The van der Waals surface area contributed by atoms with Gasteiger partial charge >= 0.3 is 19.8 Å². The molecule has 4 N–H and O–H groups in total. The Hall–Kier alpha value is -2.04. The van der Waals surface area contributed by atoms with Crippen molar-refractivity contribution in [2.45, 2.75) is 283 Å². The molecule has 66 heavy (non-hydrogen) atoms. The third-order valence-corrected chi connectivity index (χ3v) is 13.2. The lowest BCUT2D eigenvalue weighted by atomic mass is 10.0. The monoisotopic (exact) mass is 956 g/mol. The Bertz CT molecular complexity index is 1210. The standard InChI is InChI=1S/C54H102NO10P/c1-3-5-7-9-11-13-15-17-19-21-23-24-25-26-28-30-32-34-36-38-40-42-44-46-53(58)63-47-50(56)48-64-66(61,62)65-49-51(54(59)60)55-52(57)45-43-41-39-37-35-33-31-29-27-22-20-18-16-14-12-10-8-6-4-2/h17-20,50-51,56H,3-16,21-49H2,1-2H3,(H,55,57)(H,59,60)(H,61,62)/b19-17+,20-18+. The number of phosphoric acid groups is 1. The molecular formula is C54H102NO10P. The number of carboxylic acids is 1. The molecule has 0 heterocycles. The van der Waals surface area contributed by atoms with E-state index in [1.807, 2.05) is 0 Å². The van der Waals surface area contributed by atoms with Crippen molar-refractivity contribution in [3.63, 3.8) is 0 Å². The van der Waals surface area contributed by atoms with E-state index in [-0.39, 0.29) is 12.8 Å². The van der Waals surface area contributed by atoms with Crippen molar-refractivity contribution < 1.29 is 47.8 Å². The average molecular weight is 956 g/mol. The molecule has 0 aliphatic carbocycles. The fourth-order valence-corrected chi connectivity index (χ4v) is 8.73. The molecule has 0 fully saturated rings. The Morgan fingerprint density at radius 3 is 1.15 bits per heavy atom. The molecule has 388 valence electrons. The maximum atomic E-state index is 12.4. The van der Waals surface area contributed by atoms with E-state index in [2.05, 4.69) is 43.5 Å². The van der Waals surface area contributed by atoms with E-state index >= 15 is 0 Å². The predicted molar refractivity (Wildman–Crippen MR) is 273 cm³/mol. The molecule has 0 saturated heterocycles. The number of aliphatic carboxylic acids is 1. The van der Waals surface area contributed by atoms with Gasteiger partial charge in [-0.05, 0) is 64.2 Å². The van der Waals surface area contributed by atoms with Crippen LogP contribution in [0.25, 0.3) is 0 Å². The number of aliphatic hydroxyl groups is 1. The first-order chi connectivity index (χ1) is 32.1. The van der Waals surface area contributed by atoms with Gasteiger partial charge in [-0.2, -0.15) is 0 Å². The van der Waals surface area contributed by atoms with Crippen molar-refractivity contribution in [2.75, 3.05) is 19.8 Å². The summed E-state index contributed by atoms with van der Waals surface area (Å²) in [4.78, 5) is 46.2. The molecule has 3 atom stereocenters. The van der Waals surface area contributed by atoms with Gasteiger partial charge in [0, 0.05) is 12.8 Å². The van der Waals surface area contributed by atoms with Crippen LogP contribution in [-0.2, 0) is 32.7 Å². The highest BCUT2D eigenvalue weighted by atomic mass is 31.2. The van der Waals surface area contributed by atoms with E-state index in [4.69, 9.17) is 13.8 Å². The number of ether oxygens (including phenoxy) is 1. The van der Waals surface area contributed by atoms with Gasteiger partial charge in [-0.1, -0.05) is 218 Å². The minimum absolute atomic E-state index is 0.146.